The first-order chi connectivity index (χ1) is 7.58. The number of hydrogen-bond acceptors (Lipinski definition) is 3. The van der Waals surface area contributed by atoms with Crippen LogP contribution in [0, 0.1) is 0 Å². The van der Waals surface area contributed by atoms with Gasteiger partial charge in [0.05, 0.1) is 0 Å². The number of hydrogen-bond donors (Lipinski definition) is 2. The van der Waals surface area contributed by atoms with Gasteiger partial charge in [0.2, 0.25) is 0 Å². The molecule has 1 saturated heterocycles. The molecule has 86 valence electrons. The minimum Gasteiger partial charge on any atom is -0.477 e. The van der Waals surface area contributed by atoms with Crippen molar-refractivity contribution < 1.29 is 9.90 Å². The standard InChI is InChI=1S/C11H14N2O3/c1-13-5-4-7(6-13)9-3-2-8(11(15)16)10(14)12-9/h2-3,7H,4-6H2,1H3,(H,12,14)(H,15,16). The summed E-state index contributed by atoms with van der Waals surface area (Å²) in [5.74, 6) is -0.878. The minimum absolute atomic E-state index is 0.199. The molecule has 0 aliphatic carbocycles. The van der Waals surface area contributed by atoms with Crippen LogP contribution < -0.4 is 5.56 Å². The van der Waals surface area contributed by atoms with E-state index in [0.29, 0.717) is 5.92 Å². The molecular formula is C11H14N2O3. The Bertz CT molecular complexity index is 467. The molecule has 0 saturated carbocycles. The molecular weight excluding hydrogens is 208 g/mol. The summed E-state index contributed by atoms with van der Waals surface area (Å²) in [6, 6.07) is 3.09. The van der Waals surface area contributed by atoms with Crippen LogP contribution in [0.5, 0.6) is 0 Å². The Morgan fingerprint density at radius 3 is 2.81 bits per heavy atom. The van der Waals surface area contributed by atoms with E-state index in [4.69, 9.17) is 5.11 Å². The number of aromatic carboxylic acids is 1. The van der Waals surface area contributed by atoms with Gasteiger partial charge in [-0.25, -0.2) is 4.79 Å². The molecule has 1 aromatic rings. The van der Waals surface area contributed by atoms with Gasteiger partial charge in [0.1, 0.15) is 5.56 Å². The topological polar surface area (TPSA) is 73.4 Å². The van der Waals surface area contributed by atoms with Crippen LogP contribution in [0.25, 0.3) is 0 Å². The predicted octanol–water partition coefficient (Wildman–Crippen LogP) is 0.492. The van der Waals surface area contributed by atoms with E-state index in [0.717, 1.165) is 25.2 Å². The van der Waals surface area contributed by atoms with Gasteiger partial charge < -0.3 is 15.0 Å². The van der Waals surface area contributed by atoms with Crippen molar-refractivity contribution in [3.8, 4) is 0 Å². The van der Waals surface area contributed by atoms with Crippen molar-refractivity contribution in [3.63, 3.8) is 0 Å². The summed E-state index contributed by atoms with van der Waals surface area (Å²) < 4.78 is 0. The lowest BCUT2D eigenvalue weighted by Gasteiger charge is -2.10. The maximum absolute atomic E-state index is 11.5. The predicted molar refractivity (Wildman–Crippen MR) is 58.9 cm³/mol. The highest BCUT2D eigenvalue weighted by molar-refractivity contribution is 5.87. The fraction of sp³-hybridized carbons (Fsp3) is 0.455. The Morgan fingerprint density at radius 1 is 1.56 bits per heavy atom. The van der Waals surface area contributed by atoms with Crippen molar-refractivity contribution in [2.24, 2.45) is 0 Å². The van der Waals surface area contributed by atoms with Gasteiger partial charge in [0.15, 0.2) is 0 Å². The number of carbonyl (C=O) groups is 1. The monoisotopic (exact) mass is 222 g/mol. The van der Waals surface area contributed by atoms with Crippen LogP contribution in [0.2, 0.25) is 0 Å². The fourth-order valence-corrected chi connectivity index (χ4v) is 2.08. The van der Waals surface area contributed by atoms with Gasteiger partial charge in [0.25, 0.3) is 5.56 Å². The SMILES string of the molecule is CN1CCC(c2ccc(C(=O)O)c(=O)[nH]2)C1. The van der Waals surface area contributed by atoms with Gasteiger partial charge in [-0.2, -0.15) is 0 Å². The summed E-state index contributed by atoms with van der Waals surface area (Å²) in [4.78, 5) is 27.0. The van der Waals surface area contributed by atoms with Gasteiger partial charge in [-0.1, -0.05) is 0 Å². The van der Waals surface area contributed by atoms with Crippen LogP contribution in [0.1, 0.15) is 28.4 Å². The summed E-state index contributed by atoms with van der Waals surface area (Å²) in [5.41, 5.74) is 0.119. The van der Waals surface area contributed by atoms with Gasteiger partial charge in [-0.3, -0.25) is 4.79 Å². The second-order valence-corrected chi connectivity index (χ2v) is 4.21. The Morgan fingerprint density at radius 2 is 2.31 bits per heavy atom. The lowest BCUT2D eigenvalue weighted by Crippen LogP contribution is -2.20. The number of carboxylic acids is 1. The van der Waals surface area contributed by atoms with Gasteiger partial charge in [-0.05, 0) is 32.1 Å². The molecule has 1 aliphatic rings. The van der Waals surface area contributed by atoms with Gasteiger partial charge in [0, 0.05) is 18.2 Å². The number of nitrogens with one attached hydrogen (secondary N) is 1. The molecule has 1 fully saturated rings. The number of likely N-dealkylation sites (N-methyl/N-ethyl adjacent to an activating group) is 1. The second kappa shape index (κ2) is 4.09. The molecule has 2 heterocycles. The molecule has 5 heteroatoms. The smallest absolute Gasteiger partial charge is 0.341 e. The molecule has 2 rings (SSSR count). The number of H-pyrrole nitrogens is 1. The number of nitrogens with zero attached hydrogens (tertiary/aromatic N) is 1. The average molecular weight is 222 g/mol. The number of carboxylic acid groups (broad SMARTS) is 1. The third-order valence-corrected chi connectivity index (χ3v) is 2.99. The zero-order valence-electron chi connectivity index (χ0n) is 9.06. The quantitative estimate of drug-likeness (QED) is 0.764. The summed E-state index contributed by atoms with van der Waals surface area (Å²) in [6.45, 7) is 1.91. The van der Waals surface area contributed by atoms with Crippen molar-refractivity contribution in [2.45, 2.75) is 12.3 Å². The average Bonchev–Trinajstić information content (AvgIpc) is 2.64. The first-order valence-electron chi connectivity index (χ1n) is 5.23. The molecule has 5 nitrogen and oxygen atoms in total. The third kappa shape index (κ3) is 1.99. The molecule has 1 unspecified atom stereocenters. The van der Waals surface area contributed by atoms with Crippen LogP contribution in [-0.4, -0.2) is 41.1 Å². The zero-order valence-corrected chi connectivity index (χ0v) is 9.06. The molecule has 0 spiro atoms. The largest absolute Gasteiger partial charge is 0.477 e. The van der Waals surface area contributed by atoms with Crippen LogP contribution in [0.4, 0.5) is 0 Å². The zero-order chi connectivity index (χ0) is 11.7. The normalized spacial score (nSPS) is 21.2. The molecule has 16 heavy (non-hydrogen) atoms. The summed E-state index contributed by atoms with van der Waals surface area (Å²) in [5, 5.41) is 8.74. The molecule has 0 radical (unpaired) electrons. The highest BCUT2D eigenvalue weighted by Gasteiger charge is 2.22. The van der Waals surface area contributed by atoms with Gasteiger partial charge >= 0.3 is 5.97 Å². The molecule has 2 N–H and O–H groups in total. The number of aromatic nitrogens is 1. The first kappa shape index (κ1) is 10.9. The molecule has 1 aromatic heterocycles. The van der Waals surface area contributed by atoms with Crippen LogP contribution >= 0.6 is 0 Å². The van der Waals surface area contributed by atoms with E-state index in [1.807, 2.05) is 7.05 Å². The number of rotatable bonds is 2. The summed E-state index contributed by atoms with van der Waals surface area (Å²) >= 11 is 0. The summed E-state index contributed by atoms with van der Waals surface area (Å²) in [6.07, 6.45) is 0.999. The van der Waals surface area contributed by atoms with Crippen molar-refractivity contribution in [1.29, 1.82) is 0 Å². The molecule has 0 amide bonds. The van der Waals surface area contributed by atoms with Crippen molar-refractivity contribution in [2.75, 3.05) is 20.1 Å². The highest BCUT2D eigenvalue weighted by atomic mass is 16.4. The van der Waals surface area contributed by atoms with E-state index in [1.54, 1.807) is 6.07 Å². The van der Waals surface area contributed by atoms with Crippen molar-refractivity contribution in [1.82, 2.24) is 9.88 Å². The van der Waals surface area contributed by atoms with Crippen LogP contribution in [-0.2, 0) is 0 Å². The molecule has 1 aliphatic heterocycles. The Kier molecular flexibility index (Phi) is 2.78. The maximum atomic E-state index is 11.5. The van der Waals surface area contributed by atoms with E-state index in [2.05, 4.69) is 9.88 Å². The molecule has 0 bridgehead atoms. The van der Waals surface area contributed by atoms with E-state index in [1.165, 1.54) is 6.07 Å². The lowest BCUT2D eigenvalue weighted by molar-refractivity contribution is 0.0695. The Balaban J connectivity index is 2.28. The second-order valence-electron chi connectivity index (χ2n) is 4.21. The Labute approximate surface area is 92.7 Å². The lowest BCUT2D eigenvalue weighted by atomic mass is 10.0. The third-order valence-electron chi connectivity index (χ3n) is 2.99. The van der Waals surface area contributed by atoms with Crippen molar-refractivity contribution in [3.05, 3.63) is 33.7 Å². The number of likely N-dealkylation sites (tertiary alicyclic amines) is 1. The highest BCUT2D eigenvalue weighted by Crippen LogP contribution is 2.23. The molecule has 1 atom stereocenters. The van der Waals surface area contributed by atoms with E-state index < -0.39 is 11.5 Å². The number of pyridine rings is 1. The summed E-state index contributed by atoms with van der Waals surface area (Å²) in [7, 11) is 2.03. The van der Waals surface area contributed by atoms with E-state index in [-0.39, 0.29) is 5.56 Å². The minimum atomic E-state index is -1.18. The molecule has 0 aromatic carbocycles. The van der Waals surface area contributed by atoms with Gasteiger partial charge in [-0.15, -0.1) is 0 Å². The van der Waals surface area contributed by atoms with Crippen molar-refractivity contribution >= 4 is 5.97 Å². The van der Waals surface area contributed by atoms with E-state index in [9.17, 15) is 9.59 Å². The van der Waals surface area contributed by atoms with Crippen LogP contribution in [0.15, 0.2) is 16.9 Å². The number of aromatic amines is 1. The van der Waals surface area contributed by atoms with Crippen LogP contribution in [0.3, 0.4) is 0 Å². The fourth-order valence-electron chi connectivity index (χ4n) is 2.08. The Hall–Kier alpha value is -1.62. The van der Waals surface area contributed by atoms with E-state index >= 15 is 0 Å². The maximum Gasteiger partial charge on any atom is 0.341 e. The first-order valence-corrected chi connectivity index (χ1v) is 5.23.